The molecule has 1 aromatic rings. The molecule has 0 unspecified atom stereocenters. The first kappa shape index (κ1) is 20.1. The van der Waals surface area contributed by atoms with E-state index in [1.807, 2.05) is 32.9 Å². The van der Waals surface area contributed by atoms with E-state index in [9.17, 15) is 9.59 Å². The number of nitrogens with one attached hydrogen (secondary N) is 1. The number of alkyl carbamates (subject to hydrolysis) is 1. The number of carbonyl (C=O) groups is 2. The van der Waals surface area contributed by atoms with Crippen LogP contribution in [-0.2, 0) is 9.53 Å². The molecule has 1 aromatic carbocycles. The van der Waals surface area contributed by atoms with Crippen LogP contribution < -0.4 is 15.1 Å². The van der Waals surface area contributed by atoms with Crippen LogP contribution in [0.25, 0.3) is 0 Å². The molecule has 2 rings (SSSR count). The monoisotopic (exact) mass is 361 g/mol. The van der Waals surface area contributed by atoms with Crippen LogP contribution in [-0.4, -0.2) is 43.8 Å². The van der Waals surface area contributed by atoms with E-state index in [1.54, 1.807) is 4.90 Å². The maximum Gasteiger partial charge on any atom is 0.407 e. The molecule has 1 aliphatic rings. The summed E-state index contributed by atoms with van der Waals surface area (Å²) in [4.78, 5) is 27.8. The molecule has 1 heterocycles. The van der Waals surface area contributed by atoms with E-state index >= 15 is 0 Å². The predicted molar refractivity (Wildman–Crippen MR) is 105 cm³/mol. The predicted octanol–water partition coefficient (Wildman–Crippen LogP) is 3.55. The Bertz CT molecular complexity index is 602. The van der Waals surface area contributed by atoms with E-state index in [-0.39, 0.29) is 5.91 Å². The molecule has 144 valence electrons. The van der Waals surface area contributed by atoms with E-state index < -0.39 is 11.7 Å². The zero-order valence-corrected chi connectivity index (χ0v) is 16.4. The molecule has 1 aliphatic heterocycles. The highest BCUT2D eigenvalue weighted by Crippen LogP contribution is 2.23. The van der Waals surface area contributed by atoms with Crippen molar-refractivity contribution in [1.29, 1.82) is 0 Å². The second kappa shape index (κ2) is 8.92. The Morgan fingerprint density at radius 2 is 1.73 bits per heavy atom. The minimum atomic E-state index is -0.533. The van der Waals surface area contributed by atoms with Crippen LogP contribution in [0.3, 0.4) is 0 Å². The summed E-state index contributed by atoms with van der Waals surface area (Å²) in [5.74, 6) is -0.0540. The highest BCUT2D eigenvalue weighted by atomic mass is 16.6. The van der Waals surface area contributed by atoms with Gasteiger partial charge in [0.15, 0.2) is 0 Å². The van der Waals surface area contributed by atoms with Gasteiger partial charge < -0.3 is 19.9 Å². The van der Waals surface area contributed by atoms with Crippen molar-refractivity contribution in [2.24, 2.45) is 0 Å². The molecule has 0 aliphatic carbocycles. The number of amides is 2. The zero-order valence-electron chi connectivity index (χ0n) is 16.4. The first-order valence-corrected chi connectivity index (χ1v) is 9.36. The molecule has 1 saturated heterocycles. The van der Waals surface area contributed by atoms with E-state index in [1.165, 1.54) is 31.9 Å². The third-order valence-corrected chi connectivity index (χ3v) is 4.27. The topological polar surface area (TPSA) is 61.9 Å². The van der Waals surface area contributed by atoms with Gasteiger partial charge in [-0.15, -0.1) is 0 Å². The van der Waals surface area contributed by atoms with Crippen molar-refractivity contribution in [3.8, 4) is 0 Å². The molecule has 0 aromatic heterocycles. The fourth-order valence-corrected chi connectivity index (χ4v) is 3.05. The lowest BCUT2D eigenvalue weighted by molar-refractivity contribution is -0.116. The molecule has 0 atom stereocenters. The minimum absolute atomic E-state index is 0.0540. The number of rotatable bonds is 5. The van der Waals surface area contributed by atoms with Crippen molar-refractivity contribution in [3.05, 3.63) is 24.3 Å². The number of hydrogen-bond acceptors (Lipinski definition) is 4. The molecule has 1 fully saturated rings. The van der Waals surface area contributed by atoms with Crippen LogP contribution in [0.4, 0.5) is 16.2 Å². The lowest BCUT2D eigenvalue weighted by Crippen LogP contribution is -2.39. The van der Waals surface area contributed by atoms with Gasteiger partial charge in [0.05, 0.1) is 0 Å². The van der Waals surface area contributed by atoms with Gasteiger partial charge in [0.2, 0.25) is 5.91 Å². The number of anilines is 2. The van der Waals surface area contributed by atoms with Crippen LogP contribution >= 0.6 is 0 Å². The molecule has 26 heavy (non-hydrogen) atoms. The van der Waals surface area contributed by atoms with Crippen molar-refractivity contribution in [3.63, 3.8) is 0 Å². The maximum absolute atomic E-state index is 12.0. The Labute approximate surface area is 156 Å². The standard InChI is InChI=1S/C20H31N3O3/c1-16(24)23(15-12-21-19(25)26-20(2,3)4)18-10-8-17(9-11-18)22-13-6-5-7-14-22/h8-11H,5-7,12-15H2,1-4H3,(H,21,25). The number of carbonyl (C=O) groups excluding carboxylic acids is 2. The molecule has 0 spiro atoms. The molecule has 0 bridgehead atoms. The summed E-state index contributed by atoms with van der Waals surface area (Å²) >= 11 is 0. The number of ether oxygens (including phenoxy) is 1. The summed E-state index contributed by atoms with van der Waals surface area (Å²) in [6.45, 7) is 9.91. The van der Waals surface area contributed by atoms with Crippen LogP contribution in [0.15, 0.2) is 24.3 Å². The number of nitrogens with zero attached hydrogens (tertiary/aromatic N) is 2. The maximum atomic E-state index is 12.0. The Hall–Kier alpha value is -2.24. The Morgan fingerprint density at radius 3 is 2.27 bits per heavy atom. The lowest BCUT2D eigenvalue weighted by Gasteiger charge is -2.29. The van der Waals surface area contributed by atoms with E-state index in [0.29, 0.717) is 13.1 Å². The Balaban J connectivity index is 1.92. The zero-order chi connectivity index (χ0) is 19.2. The third kappa shape index (κ3) is 6.24. The summed E-state index contributed by atoms with van der Waals surface area (Å²) in [6, 6.07) is 8.08. The Kier molecular flexibility index (Phi) is 6.89. The number of hydrogen-bond donors (Lipinski definition) is 1. The van der Waals surface area contributed by atoms with Crippen LogP contribution in [0.2, 0.25) is 0 Å². The summed E-state index contributed by atoms with van der Waals surface area (Å²) in [6.07, 6.45) is 3.30. The highest BCUT2D eigenvalue weighted by Gasteiger charge is 2.17. The smallest absolute Gasteiger partial charge is 0.407 e. The summed E-state index contributed by atoms with van der Waals surface area (Å²) in [5, 5.41) is 2.69. The summed E-state index contributed by atoms with van der Waals surface area (Å²) < 4.78 is 5.21. The Morgan fingerprint density at radius 1 is 1.12 bits per heavy atom. The highest BCUT2D eigenvalue weighted by molar-refractivity contribution is 5.91. The van der Waals surface area contributed by atoms with Crippen LogP contribution in [0.5, 0.6) is 0 Å². The SMILES string of the molecule is CC(=O)N(CCNC(=O)OC(C)(C)C)c1ccc(N2CCCCC2)cc1. The molecule has 1 N–H and O–H groups in total. The molecular weight excluding hydrogens is 330 g/mol. The van der Waals surface area contributed by atoms with Crippen molar-refractivity contribution < 1.29 is 14.3 Å². The normalized spacial score (nSPS) is 14.7. The second-order valence-corrected chi connectivity index (χ2v) is 7.66. The van der Waals surface area contributed by atoms with Crippen molar-refractivity contribution >= 4 is 23.4 Å². The van der Waals surface area contributed by atoms with Gasteiger partial charge in [0, 0.05) is 44.5 Å². The second-order valence-electron chi connectivity index (χ2n) is 7.66. The van der Waals surface area contributed by atoms with E-state index in [4.69, 9.17) is 4.74 Å². The van der Waals surface area contributed by atoms with Gasteiger partial charge in [0.25, 0.3) is 0 Å². The van der Waals surface area contributed by atoms with Gasteiger partial charge in [-0.05, 0) is 64.3 Å². The lowest BCUT2D eigenvalue weighted by atomic mass is 10.1. The molecule has 6 nitrogen and oxygen atoms in total. The molecular formula is C20H31N3O3. The van der Waals surface area contributed by atoms with Crippen LogP contribution in [0, 0.1) is 0 Å². The fraction of sp³-hybridized carbons (Fsp3) is 0.600. The van der Waals surface area contributed by atoms with Gasteiger partial charge in [-0.2, -0.15) is 0 Å². The van der Waals surface area contributed by atoms with Gasteiger partial charge in [-0.25, -0.2) is 4.79 Å². The van der Waals surface area contributed by atoms with Crippen LogP contribution in [0.1, 0.15) is 47.0 Å². The molecule has 6 heteroatoms. The van der Waals surface area contributed by atoms with E-state index in [2.05, 4.69) is 22.3 Å². The third-order valence-electron chi connectivity index (χ3n) is 4.27. The van der Waals surface area contributed by atoms with Gasteiger partial charge in [-0.1, -0.05) is 0 Å². The van der Waals surface area contributed by atoms with Gasteiger partial charge in [-0.3, -0.25) is 4.79 Å². The largest absolute Gasteiger partial charge is 0.444 e. The van der Waals surface area contributed by atoms with Crippen molar-refractivity contribution in [2.45, 2.75) is 52.6 Å². The van der Waals surface area contributed by atoms with E-state index in [0.717, 1.165) is 18.8 Å². The fourth-order valence-electron chi connectivity index (χ4n) is 3.05. The average Bonchev–Trinajstić information content (AvgIpc) is 2.58. The number of benzene rings is 1. The molecule has 0 radical (unpaired) electrons. The molecule has 0 saturated carbocycles. The first-order chi connectivity index (χ1) is 12.3. The minimum Gasteiger partial charge on any atom is -0.444 e. The van der Waals surface area contributed by atoms with Gasteiger partial charge in [0.1, 0.15) is 5.60 Å². The first-order valence-electron chi connectivity index (χ1n) is 9.36. The molecule has 2 amide bonds. The summed E-state index contributed by atoms with van der Waals surface area (Å²) in [5.41, 5.74) is 1.50. The van der Waals surface area contributed by atoms with Gasteiger partial charge >= 0.3 is 6.09 Å². The average molecular weight is 361 g/mol. The van der Waals surface area contributed by atoms with Crippen molar-refractivity contribution in [1.82, 2.24) is 5.32 Å². The summed E-state index contributed by atoms with van der Waals surface area (Å²) in [7, 11) is 0. The quantitative estimate of drug-likeness (QED) is 0.871. The van der Waals surface area contributed by atoms with Crippen molar-refractivity contribution in [2.75, 3.05) is 36.0 Å². The number of piperidine rings is 1.